The molecule has 1 aliphatic heterocycles. The molecule has 0 saturated carbocycles. The van der Waals surface area contributed by atoms with Crippen molar-refractivity contribution < 1.29 is 9.53 Å². The molecular formula is C22H25N3O3S. The number of ether oxygens (including phenoxy) is 1. The van der Waals surface area contributed by atoms with Gasteiger partial charge in [-0.2, -0.15) is 0 Å². The van der Waals surface area contributed by atoms with Crippen molar-refractivity contribution in [1.29, 1.82) is 0 Å². The summed E-state index contributed by atoms with van der Waals surface area (Å²) in [5.41, 5.74) is 2.04. The predicted octanol–water partition coefficient (Wildman–Crippen LogP) is 4.22. The van der Waals surface area contributed by atoms with Gasteiger partial charge in [0.05, 0.1) is 17.1 Å². The first-order valence-electron chi connectivity index (χ1n) is 9.64. The van der Waals surface area contributed by atoms with Gasteiger partial charge < -0.3 is 15.0 Å². The lowest BCUT2D eigenvalue weighted by atomic mass is 9.82. The van der Waals surface area contributed by atoms with E-state index in [1.165, 1.54) is 17.8 Å². The maximum absolute atomic E-state index is 13.1. The maximum Gasteiger partial charge on any atom is 0.337 e. The summed E-state index contributed by atoms with van der Waals surface area (Å²) in [4.78, 5) is 33.4. The van der Waals surface area contributed by atoms with Gasteiger partial charge in [-0.05, 0) is 18.9 Å². The third-order valence-electron chi connectivity index (χ3n) is 4.64. The number of unbranched alkanes of at least 4 members (excludes halogenated alkanes) is 1. The number of thioether (sulfide) groups is 1. The van der Waals surface area contributed by atoms with Gasteiger partial charge in [0.25, 0.3) is 5.56 Å². The molecule has 0 aliphatic carbocycles. The van der Waals surface area contributed by atoms with Gasteiger partial charge in [0, 0.05) is 11.4 Å². The number of esters is 1. The fraction of sp³-hybridized carbons (Fsp3) is 0.318. The molecule has 1 aliphatic rings. The normalized spacial score (nSPS) is 15.4. The van der Waals surface area contributed by atoms with E-state index in [0.717, 1.165) is 24.2 Å². The monoisotopic (exact) mass is 411 g/mol. The van der Waals surface area contributed by atoms with E-state index in [4.69, 9.17) is 4.74 Å². The van der Waals surface area contributed by atoms with Crippen LogP contribution >= 0.6 is 11.8 Å². The predicted molar refractivity (Wildman–Crippen MR) is 116 cm³/mol. The van der Waals surface area contributed by atoms with Crippen molar-refractivity contribution >= 4 is 23.5 Å². The van der Waals surface area contributed by atoms with E-state index >= 15 is 0 Å². The number of hydrogen-bond acceptors (Lipinski definition) is 6. The van der Waals surface area contributed by atoms with Gasteiger partial charge in [-0.1, -0.05) is 68.1 Å². The number of H-pyrrole nitrogens is 1. The van der Waals surface area contributed by atoms with Crippen LogP contribution in [0.2, 0.25) is 0 Å². The van der Waals surface area contributed by atoms with Crippen molar-refractivity contribution in [1.82, 2.24) is 9.97 Å². The topological polar surface area (TPSA) is 84.1 Å². The number of aromatic amines is 1. The van der Waals surface area contributed by atoms with Gasteiger partial charge in [-0.15, -0.1) is 0 Å². The van der Waals surface area contributed by atoms with Crippen molar-refractivity contribution in [3.8, 4) is 0 Å². The van der Waals surface area contributed by atoms with Crippen molar-refractivity contribution in [3.63, 3.8) is 0 Å². The standard InChI is InChI=1S/C22H25N3O3S/c1-4-6-13-29-22-24-19-18(20(26)25-22)17(15-10-8-7-9-11-15)16(14(3)23-19)21(27)28-12-5-2/h5,7-11,17H,2,4,6,12-13H2,1,3H3,(H2,23,24,25,26). The Hall–Kier alpha value is -2.80. The Morgan fingerprint density at radius 2 is 2.10 bits per heavy atom. The number of aromatic nitrogens is 2. The van der Waals surface area contributed by atoms with Crippen LogP contribution in [0.15, 0.2) is 64.2 Å². The first-order chi connectivity index (χ1) is 14.1. The lowest BCUT2D eigenvalue weighted by Gasteiger charge is -2.28. The average Bonchev–Trinajstić information content (AvgIpc) is 2.71. The number of fused-ring (bicyclic) bond motifs is 1. The summed E-state index contributed by atoms with van der Waals surface area (Å²) >= 11 is 1.52. The molecule has 152 valence electrons. The van der Waals surface area contributed by atoms with Gasteiger partial charge in [0.1, 0.15) is 12.4 Å². The van der Waals surface area contributed by atoms with E-state index in [1.807, 2.05) is 30.3 Å². The second-order valence-corrected chi connectivity index (χ2v) is 7.81. The molecule has 0 radical (unpaired) electrons. The fourth-order valence-electron chi connectivity index (χ4n) is 3.27. The zero-order valence-corrected chi connectivity index (χ0v) is 17.5. The third-order valence-corrected chi connectivity index (χ3v) is 5.60. The highest BCUT2D eigenvalue weighted by atomic mass is 32.2. The van der Waals surface area contributed by atoms with Crippen LogP contribution in [0.3, 0.4) is 0 Å². The number of benzene rings is 1. The number of carbonyl (C=O) groups is 1. The van der Waals surface area contributed by atoms with Gasteiger partial charge in [-0.25, -0.2) is 9.78 Å². The molecule has 1 aromatic carbocycles. The molecular weight excluding hydrogens is 386 g/mol. The van der Waals surface area contributed by atoms with E-state index in [-0.39, 0.29) is 12.2 Å². The van der Waals surface area contributed by atoms with E-state index in [1.54, 1.807) is 6.92 Å². The summed E-state index contributed by atoms with van der Waals surface area (Å²) in [5.74, 6) is 0.333. The quantitative estimate of drug-likeness (QED) is 0.222. The zero-order valence-electron chi connectivity index (χ0n) is 16.7. The van der Waals surface area contributed by atoms with Crippen LogP contribution in [0, 0.1) is 0 Å². The molecule has 0 amide bonds. The van der Waals surface area contributed by atoms with Crippen molar-refractivity contribution in [2.24, 2.45) is 0 Å². The van der Waals surface area contributed by atoms with E-state index in [2.05, 4.69) is 28.8 Å². The summed E-state index contributed by atoms with van der Waals surface area (Å²) in [6.45, 7) is 7.61. The Bertz CT molecular complexity index is 983. The summed E-state index contributed by atoms with van der Waals surface area (Å²) in [6.07, 6.45) is 3.64. The first-order valence-corrected chi connectivity index (χ1v) is 10.6. The van der Waals surface area contributed by atoms with Crippen LogP contribution in [-0.2, 0) is 9.53 Å². The number of allylic oxidation sites excluding steroid dienone is 1. The molecule has 0 saturated heterocycles. The van der Waals surface area contributed by atoms with Crippen LogP contribution in [0.25, 0.3) is 0 Å². The highest BCUT2D eigenvalue weighted by Crippen LogP contribution is 2.40. The van der Waals surface area contributed by atoms with Crippen LogP contribution in [-0.4, -0.2) is 28.3 Å². The summed E-state index contributed by atoms with van der Waals surface area (Å²) in [7, 11) is 0. The number of anilines is 1. The molecule has 0 fully saturated rings. The summed E-state index contributed by atoms with van der Waals surface area (Å²) < 4.78 is 5.31. The number of nitrogens with zero attached hydrogens (tertiary/aromatic N) is 1. The zero-order chi connectivity index (χ0) is 20.8. The van der Waals surface area contributed by atoms with Crippen LogP contribution in [0.5, 0.6) is 0 Å². The van der Waals surface area contributed by atoms with Crippen molar-refractivity contribution in [3.05, 3.63) is 75.7 Å². The number of hydrogen-bond donors (Lipinski definition) is 2. The first kappa shape index (κ1) is 20.9. The molecule has 0 spiro atoms. The number of rotatable bonds is 8. The van der Waals surface area contributed by atoms with Gasteiger partial charge >= 0.3 is 5.97 Å². The molecule has 1 atom stereocenters. The highest BCUT2D eigenvalue weighted by Gasteiger charge is 2.36. The molecule has 3 rings (SSSR count). The Morgan fingerprint density at radius 1 is 1.34 bits per heavy atom. The minimum atomic E-state index is -0.560. The van der Waals surface area contributed by atoms with Crippen molar-refractivity contribution in [2.75, 3.05) is 17.7 Å². The largest absolute Gasteiger partial charge is 0.458 e. The molecule has 6 nitrogen and oxygen atoms in total. The van der Waals surface area contributed by atoms with Gasteiger partial charge in [0.2, 0.25) is 0 Å². The molecule has 2 N–H and O–H groups in total. The molecule has 1 aromatic heterocycles. The number of nitrogens with one attached hydrogen (secondary N) is 2. The summed E-state index contributed by atoms with van der Waals surface area (Å²) in [6, 6.07) is 9.47. The SMILES string of the molecule is C=CCOC(=O)C1=C(C)Nc2nc(SCCCC)[nH]c(=O)c2C1c1ccccc1. The lowest BCUT2D eigenvalue weighted by Crippen LogP contribution is -2.31. The molecule has 2 aromatic rings. The Kier molecular flexibility index (Phi) is 6.93. The van der Waals surface area contributed by atoms with Crippen LogP contribution < -0.4 is 10.9 Å². The molecule has 7 heteroatoms. The Balaban J connectivity index is 2.09. The third kappa shape index (κ3) is 4.62. The molecule has 29 heavy (non-hydrogen) atoms. The molecule has 1 unspecified atom stereocenters. The van der Waals surface area contributed by atoms with Crippen LogP contribution in [0.1, 0.15) is 43.7 Å². The smallest absolute Gasteiger partial charge is 0.337 e. The fourth-order valence-corrected chi connectivity index (χ4v) is 4.22. The maximum atomic E-state index is 13.1. The second kappa shape index (κ2) is 9.60. The lowest BCUT2D eigenvalue weighted by molar-refractivity contribution is -0.138. The average molecular weight is 412 g/mol. The van der Waals surface area contributed by atoms with E-state index in [9.17, 15) is 9.59 Å². The second-order valence-electron chi connectivity index (χ2n) is 6.73. The number of carbonyl (C=O) groups excluding carboxylic acids is 1. The van der Waals surface area contributed by atoms with E-state index < -0.39 is 11.9 Å². The summed E-state index contributed by atoms with van der Waals surface area (Å²) in [5, 5.41) is 3.72. The van der Waals surface area contributed by atoms with E-state index in [0.29, 0.717) is 27.8 Å². The van der Waals surface area contributed by atoms with Crippen LogP contribution in [0.4, 0.5) is 5.82 Å². The minimum absolute atomic E-state index is 0.103. The molecule has 0 bridgehead atoms. The minimum Gasteiger partial charge on any atom is -0.458 e. The highest BCUT2D eigenvalue weighted by molar-refractivity contribution is 7.99. The Morgan fingerprint density at radius 3 is 2.79 bits per heavy atom. The van der Waals surface area contributed by atoms with Gasteiger partial charge in [0.15, 0.2) is 5.16 Å². The van der Waals surface area contributed by atoms with Gasteiger partial charge in [-0.3, -0.25) is 4.79 Å². The Labute approximate surface area is 174 Å². The van der Waals surface area contributed by atoms with Crippen molar-refractivity contribution in [2.45, 2.75) is 37.8 Å². The molecule has 2 heterocycles.